The highest BCUT2D eigenvalue weighted by Crippen LogP contribution is 2.41. The Kier molecular flexibility index (Phi) is 15.0. The Morgan fingerprint density at radius 1 is 0.143 bits per heavy atom. The van der Waals surface area contributed by atoms with Gasteiger partial charge in [0.2, 0.25) is 0 Å². The van der Waals surface area contributed by atoms with E-state index < -0.39 is 0 Å². The van der Waals surface area contributed by atoms with Crippen molar-refractivity contribution >= 4 is 142 Å². The van der Waals surface area contributed by atoms with Crippen LogP contribution in [0, 0.1) is 0 Å². The topological polar surface area (TPSA) is 155 Å². The average molecular weight is 1430 g/mol. The first-order valence-electron chi connectivity index (χ1n) is 37.3. The smallest absolute Gasteiger partial charge is 0.0972 e. The molecule has 12 nitrogen and oxygen atoms in total. The lowest BCUT2D eigenvalue weighted by Gasteiger charge is -2.13. The third kappa shape index (κ3) is 11.2. The Balaban J connectivity index is 0.000000138. The first kappa shape index (κ1) is 63.8. The molecule has 11 aromatic carbocycles. The first-order valence-corrected chi connectivity index (χ1v) is 37.3. The van der Waals surface area contributed by atoms with Crippen LogP contribution in [0.15, 0.2) is 353 Å². The monoisotopic (exact) mass is 1430 g/mol. The summed E-state index contributed by atoms with van der Waals surface area (Å²) in [5, 5.41) is 15.1. The van der Waals surface area contributed by atoms with Crippen molar-refractivity contribution in [3.63, 3.8) is 0 Å². The van der Waals surface area contributed by atoms with Gasteiger partial charge in [-0.15, -0.1) is 0 Å². The normalized spacial score (nSPS) is 11.8. The number of rotatable bonds is 8. The zero-order valence-electron chi connectivity index (χ0n) is 59.9. The average Bonchev–Trinajstić information content (AvgIpc) is 0.720. The molecule has 0 saturated carbocycles. The molecule has 0 aliphatic carbocycles. The maximum atomic E-state index is 5.20. The Hall–Kier alpha value is -15.4. The van der Waals surface area contributed by atoms with Gasteiger partial charge in [0.25, 0.3) is 0 Å². The molecule has 518 valence electrons. The number of fused-ring (bicyclic) bond motifs is 17. The van der Waals surface area contributed by atoms with Crippen molar-refractivity contribution in [2.24, 2.45) is 0 Å². The van der Waals surface area contributed by atoms with Crippen LogP contribution in [0.3, 0.4) is 0 Å². The van der Waals surface area contributed by atoms with Crippen molar-refractivity contribution in [2.75, 3.05) is 0 Å². The summed E-state index contributed by atoms with van der Waals surface area (Å²) in [6.45, 7) is 0. The molecule has 0 saturated heterocycles. The maximum Gasteiger partial charge on any atom is 0.0972 e. The number of nitrogens with zero attached hydrogens (tertiary/aromatic N) is 12. The van der Waals surface area contributed by atoms with Gasteiger partial charge in [0.1, 0.15) is 0 Å². The summed E-state index contributed by atoms with van der Waals surface area (Å²) < 4.78 is 0. The number of hydrogen-bond acceptors (Lipinski definition) is 12. The third-order valence-electron chi connectivity index (χ3n) is 21.7. The van der Waals surface area contributed by atoms with E-state index in [1.165, 1.54) is 0 Å². The summed E-state index contributed by atoms with van der Waals surface area (Å²) in [5.41, 5.74) is 27.2. The van der Waals surface area contributed by atoms with Crippen LogP contribution in [0.4, 0.5) is 0 Å². The molecule has 0 fully saturated rings. The summed E-state index contributed by atoms with van der Waals surface area (Å²) in [6, 6.07) is 110. The van der Waals surface area contributed by atoms with Crippen molar-refractivity contribution < 1.29 is 0 Å². The van der Waals surface area contributed by atoms with E-state index >= 15 is 0 Å². The van der Waals surface area contributed by atoms with E-state index in [0.29, 0.717) is 0 Å². The third-order valence-corrected chi connectivity index (χ3v) is 21.7. The summed E-state index contributed by atoms with van der Waals surface area (Å²) in [7, 11) is 0. The first-order chi connectivity index (χ1) is 55.4. The number of benzene rings is 11. The summed E-state index contributed by atoms with van der Waals surface area (Å²) >= 11 is 0. The van der Waals surface area contributed by atoms with Crippen molar-refractivity contribution in [2.45, 2.75) is 0 Å². The predicted octanol–water partition coefficient (Wildman–Crippen LogP) is 24.4. The van der Waals surface area contributed by atoms with Crippen LogP contribution in [0.1, 0.15) is 0 Å². The second-order valence-electron chi connectivity index (χ2n) is 28.3. The lowest BCUT2D eigenvalue weighted by Crippen LogP contribution is -1.92. The largest absolute Gasteiger partial charge is 0.254 e. The molecule has 23 rings (SSSR count). The van der Waals surface area contributed by atoms with Crippen molar-refractivity contribution in [1.82, 2.24) is 59.8 Å². The minimum Gasteiger partial charge on any atom is -0.254 e. The zero-order chi connectivity index (χ0) is 73.7. The van der Waals surface area contributed by atoms with Gasteiger partial charge < -0.3 is 0 Å². The second-order valence-corrected chi connectivity index (χ2v) is 28.3. The molecule has 12 heterocycles. The van der Waals surface area contributed by atoms with Crippen LogP contribution in [-0.4, -0.2) is 59.8 Å². The van der Waals surface area contributed by atoms with E-state index in [2.05, 4.69) is 299 Å². The number of pyridine rings is 12. The molecular weight excluding hydrogens is 1370 g/mol. The van der Waals surface area contributed by atoms with Gasteiger partial charge in [-0.2, -0.15) is 0 Å². The number of hydrogen-bond donors (Lipinski definition) is 0. The Labute approximate surface area is 639 Å². The van der Waals surface area contributed by atoms with E-state index in [1.807, 2.05) is 73.6 Å². The predicted molar refractivity (Wildman–Crippen MR) is 457 cm³/mol. The molecular formula is C100H58N12. The van der Waals surface area contributed by atoms with Gasteiger partial charge in [-0.3, -0.25) is 29.9 Å². The second kappa shape index (κ2) is 26.2. The molecule has 0 aliphatic heterocycles. The maximum absolute atomic E-state index is 5.20. The molecule has 23 aromatic rings. The van der Waals surface area contributed by atoms with Gasteiger partial charge in [0.15, 0.2) is 0 Å². The van der Waals surface area contributed by atoms with E-state index in [4.69, 9.17) is 39.9 Å². The standard InChI is InChI=1S/C52H30N6.C48H28N6/c1-2-9-39-38(8-1)40(19-20-41(39)46-23-16-33-13-12-32-6-3-25-53-49(32)51(33)58-46)45-24-18-36-28-34(17-21-44(36)56-45)35-14-11-31-15-22-47(57-48(31)30-35)43-29-37-7-4-26-54-50(37)52-42(43)10-5-27-55-52;1-5-34(26-35(6-1)42-18-15-31-12-11-30-7-2-22-49-45(30)47(31)54-42)40-20-17-36-25-32(16-19-41(36)52-40)33-13-10-29-14-21-43(53-44(29)28-33)39-27-37-8-3-23-50-46(37)48-38(39)9-4-24-51-48/h1-30H;1-28H. The van der Waals surface area contributed by atoms with Crippen LogP contribution in [-0.2, 0) is 0 Å². The van der Waals surface area contributed by atoms with Crippen LogP contribution in [0.2, 0.25) is 0 Å². The summed E-state index contributed by atoms with van der Waals surface area (Å²) in [5.74, 6) is 0. The van der Waals surface area contributed by atoms with Gasteiger partial charge in [-0.25, -0.2) is 29.9 Å². The summed E-state index contributed by atoms with van der Waals surface area (Å²) in [4.78, 5) is 58.9. The van der Waals surface area contributed by atoms with Gasteiger partial charge >= 0.3 is 0 Å². The van der Waals surface area contributed by atoms with Crippen LogP contribution >= 0.6 is 0 Å². The Morgan fingerprint density at radius 2 is 0.464 bits per heavy atom. The molecule has 0 spiro atoms. The van der Waals surface area contributed by atoms with Crippen LogP contribution < -0.4 is 0 Å². The van der Waals surface area contributed by atoms with Gasteiger partial charge in [-0.05, 0) is 160 Å². The lowest BCUT2D eigenvalue weighted by atomic mass is 9.95. The SMILES string of the molecule is c1cc(-c2ccc3cc(-c4ccc5ccc(-c6cc7cccnc7c7ncccc67)nc5c4)ccc3n2)cc(-c2ccc3ccc4cccnc4c3n2)c1.c1cnc2c(c1)ccc1ccc(-c3ccc(-c4ccc5cc(-c6ccc7ccc(-c8cc9cccnc9c9ncccc89)nc7c6)ccc5n4)c4ccccc34)nc12. The summed E-state index contributed by atoms with van der Waals surface area (Å²) in [6.07, 6.45) is 10.9. The van der Waals surface area contributed by atoms with Crippen molar-refractivity contribution in [3.05, 3.63) is 353 Å². The molecule has 112 heavy (non-hydrogen) atoms. The fourth-order valence-electron chi connectivity index (χ4n) is 16.1. The van der Waals surface area contributed by atoms with E-state index in [9.17, 15) is 0 Å². The van der Waals surface area contributed by atoms with Crippen LogP contribution in [0.5, 0.6) is 0 Å². The van der Waals surface area contributed by atoms with Gasteiger partial charge in [0.05, 0.1) is 100 Å². The fraction of sp³-hybridized carbons (Fsp3) is 0. The zero-order valence-corrected chi connectivity index (χ0v) is 59.9. The van der Waals surface area contributed by atoms with E-state index in [-0.39, 0.29) is 0 Å². The van der Waals surface area contributed by atoms with Crippen molar-refractivity contribution in [1.29, 1.82) is 0 Å². The van der Waals surface area contributed by atoms with Crippen LogP contribution in [0.25, 0.3) is 231 Å². The molecule has 12 heteroatoms. The molecule has 0 aliphatic rings. The highest BCUT2D eigenvalue weighted by Gasteiger charge is 2.19. The van der Waals surface area contributed by atoms with E-state index in [0.717, 1.165) is 231 Å². The Bertz CT molecular complexity index is 7880. The Morgan fingerprint density at radius 3 is 0.955 bits per heavy atom. The molecule has 0 unspecified atom stereocenters. The lowest BCUT2D eigenvalue weighted by molar-refractivity contribution is 1.36. The molecule has 0 atom stereocenters. The van der Waals surface area contributed by atoms with Gasteiger partial charge in [0, 0.05) is 135 Å². The molecule has 0 N–H and O–H groups in total. The highest BCUT2D eigenvalue weighted by atomic mass is 14.8. The van der Waals surface area contributed by atoms with E-state index in [1.54, 1.807) is 0 Å². The minimum atomic E-state index is 0.884. The minimum absolute atomic E-state index is 0.884. The molecule has 0 amide bonds. The fourth-order valence-corrected chi connectivity index (χ4v) is 16.1. The van der Waals surface area contributed by atoms with Crippen molar-refractivity contribution in [3.8, 4) is 89.8 Å². The quantitative estimate of drug-likeness (QED) is 0.133. The molecule has 12 aromatic heterocycles. The van der Waals surface area contributed by atoms with Gasteiger partial charge in [-0.1, -0.05) is 188 Å². The highest BCUT2D eigenvalue weighted by molar-refractivity contribution is 6.13. The molecule has 0 radical (unpaired) electrons. The molecule has 0 bridgehead atoms. The number of aromatic nitrogens is 12.